The van der Waals surface area contributed by atoms with Crippen molar-refractivity contribution in [2.24, 2.45) is 10.8 Å². The van der Waals surface area contributed by atoms with Gasteiger partial charge in [0.15, 0.2) is 0 Å². The minimum atomic E-state index is -0.229. The van der Waals surface area contributed by atoms with Gasteiger partial charge >= 0.3 is 0 Å². The first-order valence-electron chi connectivity index (χ1n) is 4.26. The van der Waals surface area contributed by atoms with Crippen molar-refractivity contribution in [1.82, 2.24) is 0 Å². The highest BCUT2D eigenvalue weighted by Gasteiger charge is 2.44. The second-order valence-electron chi connectivity index (χ2n) is 4.42. The zero-order valence-electron chi connectivity index (χ0n) is 7.89. The number of aliphatic hydroxyl groups excluding tert-OH is 1. The third kappa shape index (κ3) is 1.12. The van der Waals surface area contributed by atoms with Crippen LogP contribution in [0.4, 0.5) is 0 Å². The standard InChI is InChI=1S/C10H18O/c1-8(11)10(4)7-5-6-9(10,2)3/h5-6,8,11H,7H2,1-4H3/t8-,10?/m1/s1. The molecule has 0 aromatic heterocycles. The van der Waals surface area contributed by atoms with Crippen LogP contribution in [0, 0.1) is 10.8 Å². The first-order valence-corrected chi connectivity index (χ1v) is 4.26. The Kier molecular flexibility index (Phi) is 1.87. The van der Waals surface area contributed by atoms with E-state index in [9.17, 15) is 5.11 Å². The van der Waals surface area contributed by atoms with Gasteiger partial charge in [0.05, 0.1) is 6.10 Å². The molecule has 1 nitrogen and oxygen atoms in total. The zero-order valence-corrected chi connectivity index (χ0v) is 7.89. The summed E-state index contributed by atoms with van der Waals surface area (Å²) in [5.41, 5.74) is 0.175. The summed E-state index contributed by atoms with van der Waals surface area (Å²) in [6.07, 6.45) is 5.15. The van der Waals surface area contributed by atoms with Crippen molar-refractivity contribution >= 4 is 0 Å². The van der Waals surface area contributed by atoms with E-state index in [0.717, 1.165) is 6.42 Å². The maximum Gasteiger partial charge on any atom is 0.0576 e. The molecule has 0 fully saturated rings. The monoisotopic (exact) mass is 154 g/mol. The molecule has 2 atom stereocenters. The van der Waals surface area contributed by atoms with Crippen molar-refractivity contribution < 1.29 is 5.11 Å². The maximum atomic E-state index is 9.61. The van der Waals surface area contributed by atoms with Crippen LogP contribution in [-0.4, -0.2) is 11.2 Å². The summed E-state index contributed by atoms with van der Waals surface area (Å²) in [7, 11) is 0. The van der Waals surface area contributed by atoms with Crippen LogP contribution >= 0.6 is 0 Å². The SMILES string of the molecule is C[C@@H](O)C1(C)CC=CC1(C)C. The smallest absolute Gasteiger partial charge is 0.0576 e. The lowest BCUT2D eigenvalue weighted by molar-refractivity contribution is -0.00435. The van der Waals surface area contributed by atoms with Gasteiger partial charge in [0.2, 0.25) is 0 Å². The number of allylic oxidation sites excluding steroid dienone is 2. The van der Waals surface area contributed by atoms with Gasteiger partial charge in [0.25, 0.3) is 0 Å². The number of hydrogen-bond acceptors (Lipinski definition) is 1. The molecule has 0 heterocycles. The van der Waals surface area contributed by atoms with Crippen LogP contribution in [0.25, 0.3) is 0 Å². The molecule has 0 radical (unpaired) electrons. The van der Waals surface area contributed by atoms with E-state index in [1.54, 1.807) is 0 Å². The van der Waals surface area contributed by atoms with Gasteiger partial charge in [0, 0.05) is 5.41 Å². The molecule has 1 heteroatoms. The Hall–Kier alpha value is -0.300. The van der Waals surface area contributed by atoms with Crippen LogP contribution in [0.2, 0.25) is 0 Å². The van der Waals surface area contributed by atoms with Crippen LogP contribution in [0.1, 0.15) is 34.1 Å². The van der Waals surface area contributed by atoms with Crippen LogP contribution in [0.5, 0.6) is 0 Å². The lowest BCUT2D eigenvalue weighted by atomic mass is 9.66. The third-order valence-corrected chi connectivity index (χ3v) is 3.47. The van der Waals surface area contributed by atoms with E-state index < -0.39 is 0 Å². The van der Waals surface area contributed by atoms with Gasteiger partial charge < -0.3 is 5.11 Å². The summed E-state index contributed by atoms with van der Waals surface area (Å²) in [5.74, 6) is 0. The van der Waals surface area contributed by atoms with Crippen molar-refractivity contribution in [3.63, 3.8) is 0 Å². The number of rotatable bonds is 1. The molecule has 1 aliphatic rings. The van der Waals surface area contributed by atoms with E-state index in [1.807, 2.05) is 6.92 Å². The van der Waals surface area contributed by atoms with Gasteiger partial charge in [-0.2, -0.15) is 0 Å². The predicted molar refractivity (Wildman–Crippen MR) is 47.3 cm³/mol. The summed E-state index contributed by atoms with van der Waals surface area (Å²) in [6, 6.07) is 0. The molecule has 0 aromatic carbocycles. The Morgan fingerprint density at radius 1 is 1.36 bits per heavy atom. The summed E-state index contributed by atoms with van der Waals surface area (Å²) in [6.45, 7) is 8.40. The summed E-state index contributed by atoms with van der Waals surface area (Å²) < 4.78 is 0. The molecule has 1 unspecified atom stereocenters. The van der Waals surface area contributed by atoms with E-state index in [1.165, 1.54) is 0 Å². The second kappa shape index (κ2) is 2.34. The minimum Gasteiger partial charge on any atom is -0.393 e. The van der Waals surface area contributed by atoms with E-state index in [2.05, 4.69) is 32.9 Å². The molecule has 0 amide bonds. The average Bonchev–Trinajstić information content (AvgIpc) is 2.09. The largest absolute Gasteiger partial charge is 0.393 e. The van der Waals surface area contributed by atoms with Gasteiger partial charge in [0.1, 0.15) is 0 Å². The van der Waals surface area contributed by atoms with Gasteiger partial charge in [-0.1, -0.05) is 32.9 Å². The second-order valence-corrected chi connectivity index (χ2v) is 4.42. The first kappa shape index (κ1) is 8.79. The minimum absolute atomic E-state index is 0.0347. The van der Waals surface area contributed by atoms with E-state index in [0.29, 0.717) is 0 Å². The normalized spacial score (nSPS) is 37.5. The quantitative estimate of drug-likeness (QED) is 0.575. The van der Waals surface area contributed by atoms with Gasteiger partial charge in [-0.15, -0.1) is 0 Å². The summed E-state index contributed by atoms with van der Waals surface area (Å²) in [5, 5.41) is 9.61. The van der Waals surface area contributed by atoms with Crippen LogP contribution in [0.15, 0.2) is 12.2 Å². The molecule has 1 aliphatic carbocycles. The van der Waals surface area contributed by atoms with Crippen LogP contribution in [0.3, 0.4) is 0 Å². The average molecular weight is 154 g/mol. The highest BCUT2D eigenvalue weighted by atomic mass is 16.3. The van der Waals surface area contributed by atoms with Crippen molar-refractivity contribution in [1.29, 1.82) is 0 Å². The molecule has 0 aliphatic heterocycles. The van der Waals surface area contributed by atoms with Crippen LogP contribution in [-0.2, 0) is 0 Å². The predicted octanol–water partition coefficient (Wildman–Crippen LogP) is 2.36. The highest BCUT2D eigenvalue weighted by Crippen LogP contribution is 2.49. The Bertz CT molecular complexity index is 179. The topological polar surface area (TPSA) is 20.2 Å². The molecule has 11 heavy (non-hydrogen) atoms. The Morgan fingerprint density at radius 3 is 2.09 bits per heavy atom. The van der Waals surface area contributed by atoms with Crippen molar-refractivity contribution in [2.75, 3.05) is 0 Å². The van der Waals surface area contributed by atoms with E-state index in [4.69, 9.17) is 0 Å². The number of hydrogen-bond donors (Lipinski definition) is 1. The first-order chi connectivity index (χ1) is 4.90. The third-order valence-electron chi connectivity index (χ3n) is 3.47. The Balaban J connectivity index is 2.90. The van der Waals surface area contributed by atoms with Gasteiger partial charge in [-0.05, 0) is 18.8 Å². The molecule has 64 valence electrons. The molecule has 1 N–H and O–H groups in total. The fourth-order valence-corrected chi connectivity index (χ4v) is 1.76. The highest BCUT2D eigenvalue weighted by molar-refractivity contribution is 5.14. The van der Waals surface area contributed by atoms with E-state index >= 15 is 0 Å². The van der Waals surface area contributed by atoms with Gasteiger partial charge in [-0.25, -0.2) is 0 Å². The molecule has 0 saturated carbocycles. The summed E-state index contributed by atoms with van der Waals surface area (Å²) in [4.78, 5) is 0. The molecule has 0 saturated heterocycles. The fourth-order valence-electron chi connectivity index (χ4n) is 1.76. The zero-order chi connectivity index (χ0) is 8.70. The Labute approximate surface area is 69.1 Å². The molecular weight excluding hydrogens is 136 g/mol. The summed E-state index contributed by atoms with van der Waals surface area (Å²) >= 11 is 0. The van der Waals surface area contributed by atoms with Gasteiger partial charge in [-0.3, -0.25) is 0 Å². The molecular formula is C10H18O. The van der Waals surface area contributed by atoms with Crippen molar-refractivity contribution in [3.05, 3.63) is 12.2 Å². The van der Waals surface area contributed by atoms with Crippen molar-refractivity contribution in [3.8, 4) is 0 Å². The Morgan fingerprint density at radius 2 is 1.91 bits per heavy atom. The lowest BCUT2D eigenvalue weighted by Crippen LogP contribution is -2.39. The fraction of sp³-hybridized carbons (Fsp3) is 0.800. The maximum absolute atomic E-state index is 9.61. The van der Waals surface area contributed by atoms with Crippen LogP contribution < -0.4 is 0 Å². The molecule has 0 bridgehead atoms. The molecule has 0 aromatic rings. The lowest BCUT2D eigenvalue weighted by Gasteiger charge is -2.40. The van der Waals surface area contributed by atoms with E-state index in [-0.39, 0.29) is 16.9 Å². The number of aliphatic hydroxyl groups is 1. The molecule has 1 rings (SSSR count). The van der Waals surface area contributed by atoms with Crippen molar-refractivity contribution in [2.45, 2.75) is 40.2 Å². The molecule has 0 spiro atoms.